The molecule has 0 spiro atoms. The van der Waals surface area contributed by atoms with Gasteiger partial charge in [0, 0.05) is 18.0 Å². The number of aromatic nitrogens is 2. The topological polar surface area (TPSA) is 140 Å². The summed E-state index contributed by atoms with van der Waals surface area (Å²) in [5.74, 6) is -1.86. The molecule has 2 aromatic rings. The average Bonchev–Trinajstić information content (AvgIpc) is 3.30. The highest BCUT2D eigenvalue weighted by atomic mass is 32.1. The molecule has 3 N–H and O–H groups in total. The van der Waals surface area contributed by atoms with Crippen molar-refractivity contribution in [1.29, 1.82) is 0 Å². The second-order valence-electron chi connectivity index (χ2n) is 5.47. The average molecular weight is 388 g/mol. The van der Waals surface area contributed by atoms with E-state index >= 15 is 0 Å². The van der Waals surface area contributed by atoms with Gasteiger partial charge >= 0.3 is 5.97 Å². The van der Waals surface area contributed by atoms with Crippen molar-refractivity contribution in [2.24, 2.45) is 10.8 Å². The molecule has 0 aliphatic carbocycles. The van der Waals surface area contributed by atoms with E-state index in [9.17, 15) is 14.4 Å². The van der Waals surface area contributed by atoms with Crippen LogP contribution in [0.2, 0.25) is 0 Å². The number of anilines is 2. The van der Waals surface area contributed by atoms with Crippen LogP contribution >= 0.6 is 11.5 Å². The Kier molecular flexibility index (Phi) is 5.41. The monoisotopic (exact) mass is 388 g/mol. The second kappa shape index (κ2) is 7.91. The number of rotatable bonds is 6. The van der Waals surface area contributed by atoms with Crippen LogP contribution in [0.25, 0.3) is 0 Å². The first-order valence-electron chi connectivity index (χ1n) is 8.03. The van der Waals surface area contributed by atoms with Crippen LogP contribution in [-0.4, -0.2) is 45.7 Å². The van der Waals surface area contributed by atoms with Gasteiger partial charge in [0.15, 0.2) is 5.00 Å². The number of esters is 1. The van der Waals surface area contributed by atoms with E-state index in [1.165, 1.54) is 5.01 Å². The number of hydrazone groups is 1. The Morgan fingerprint density at radius 3 is 2.74 bits per heavy atom. The minimum Gasteiger partial charge on any atom is -0.461 e. The maximum atomic E-state index is 12.6. The van der Waals surface area contributed by atoms with Crippen LogP contribution < -0.4 is 16.1 Å². The first kappa shape index (κ1) is 18.5. The summed E-state index contributed by atoms with van der Waals surface area (Å²) in [6, 6.07) is 8.13. The van der Waals surface area contributed by atoms with E-state index in [0.717, 1.165) is 11.5 Å². The number of carbonyl (C=O) groups excluding carboxylic acids is 3. The number of carbonyl (C=O) groups is 3. The van der Waals surface area contributed by atoms with Crippen molar-refractivity contribution in [3.63, 3.8) is 0 Å². The van der Waals surface area contributed by atoms with Crippen LogP contribution in [0.15, 0.2) is 35.4 Å². The fourth-order valence-corrected chi connectivity index (χ4v) is 3.02. The van der Waals surface area contributed by atoms with Gasteiger partial charge in [-0.3, -0.25) is 14.6 Å². The number of amides is 2. The van der Waals surface area contributed by atoms with E-state index in [0.29, 0.717) is 5.69 Å². The van der Waals surface area contributed by atoms with E-state index < -0.39 is 23.8 Å². The van der Waals surface area contributed by atoms with Gasteiger partial charge in [-0.2, -0.15) is 5.10 Å². The molecule has 140 valence electrons. The van der Waals surface area contributed by atoms with E-state index in [1.54, 1.807) is 31.2 Å². The van der Waals surface area contributed by atoms with Crippen LogP contribution in [0.4, 0.5) is 10.7 Å². The Bertz CT molecular complexity index is 897. The summed E-state index contributed by atoms with van der Waals surface area (Å²) in [7, 11) is 0. The third kappa shape index (κ3) is 3.92. The van der Waals surface area contributed by atoms with Crippen molar-refractivity contribution in [3.05, 3.63) is 36.0 Å². The number of para-hydroxylation sites is 1. The quantitative estimate of drug-likeness (QED) is 0.697. The van der Waals surface area contributed by atoms with Gasteiger partial charge in [0.1, 0.15) is 11.8 Å². The van der Waals surface area contributed by atoms with Crippen LogP contribution in [0, 0.1) is 0 Å². The number of hydrogen-bond donors (Lipinski definition) is 2. The molecule has 1 aliphatic rings. The maximum absolute atomic E-state index is 12.6. The van der Waals surface area contributed by atoms with Crippen molar-refractivity contribution in [2.75, 3.05) is 16.9 Å². The summed E-state index contributed by atoms with van der Waals surface area (Å²) in [6.45, 7) is 1.83. The first-order valence-corrected chi connectivity index (χ1v) is 8.80. The van der Waals surface area contributed by atoms with Crippen LogP contribution in [0.3, 0.4) is 0 Å². The Morgan fingerprint density at radius 2 is 2.07 bits per heavy atom. The standard InChI is InChI=1S/C16H16N6O4S/c1-2-26-16(25)12-15(27-21-19-12)18-14(24)10-8-11(13(17)23)22(20-10)9-6-4-3-5-7-9/h3-7,11H,2,8H2,1H3,(H2,17,23)(H,18,24). The maximum Gasteiger partial charge on any atom is 0.362 e. The predicted octanol–water partition coefficient (Wildman–Crippen LogP) is 0.773. The molecule has 1 atom stereocenters. The van der Waals surface area contributed by atoms with Crippen molar-refractivity contribution >= 4 is 45.7 Å². The molecule has 0 saturated carbocycles. The zero-order chi connectivity index (χ0) is 19.4. The molecule has 0 radical (unpaired) electrons. The van der Waals surface area contributed by atoms with E-state index in [1.807, 2.05) is 6.07 Å². The van der Waals surface area contributed by atoms with Gasteiger partial charge in [-0.25, -0.2) is 4.79 Å². The fraction of sp³-hybridized carbons (Fsp3) is 0.250. The predicted molar refractivity (Wildman–Crippen MR) is 98.5 cm³/mol. The molecule has 3 rings (SSSR count). The molecule has 1 aromatic heterocycles. The van der Waals surface area contributed by atoms with Crippen molar-refractivity contribution < 1.29 is 19.1 Å². The van der Waals surface area contributed by atoms with E-state index in [2.05, 4.69) is 20.0 Å². The number of benzene rings is 1. The van der Waals surface area contributed by atoms with Crippen molar-refractivity contribution in [2.45, 2.75) is 19.4 Å². The molecule has 2 heterocycles. The number of ether oxygens (including phenoxy) is 1. The third-order valence-electron chi connectivity index (χ3n) is 3.71. The molecule has 1 unspecified atom stereocenters. The van der Waals surface area contributed by atoms with Crippen molar-refractivity contribution in [1.82, 2.24) is 9.59 Å². The molecule has 27 heavy (non-hydrogen) atoms. The highest BCUT2D eigenvalue weighted by Crippen LogP contribution is 2.25. The number of nitrogens with one attached hydrogen (secondary N) is 1. The number of nitrogens with two attached hydrogens (primary N) is 1. The van der Waals surface area contributed by atoms with Gasteiger partial charge < -0.3 is 15.8 Å². The van der Waals surface area contributed by atoms with Crippen LogP contribution in [0.5, 0.6) is 0 Å². The second-order valence-corrected chi connectivity index (χ2v) is 6.23. The lowest BCUT2D eigenvalue weighted by Gasteiger charge is -2.20. The van der Waals surface area contributed by atoms with Gasteiger partial charge in [-0.05, 0) is 19.1 Å². The fourth-order valence-electron chi connectivity index (χ4n) is 2.47. The Labute approximate surface area is 158 Å². The minimum absolute atomic E-state index is 0.0387. The lowest BCUT2D eigenvalue weighted by atomic mass is 10.1. The zero-order valence-corrected chi connectivity index (χ0v) is 15.1. The molecule has 0 saturated heterocycles. The summed E-state index contributed by atoms with van der Waals surface area (Å²) >= 11 is 0.841. The summed E-state index contributed by atoms with van der Waals surface area (Å²) < 4.78 is 8.53. The molecular weight excluding hydrogens is 372 g/mol. The van der Waals surface area contributed by atoms with Gasteiger partial charge in [0.25, 0.3) is 5.91 Å². The normalized spacial score (nSPS) is 16.0. The largest absolute Gasteiger partial charge is 0.461 e. The van der Waals surface area contributed by atoms with Crippen LogP contribution in [-0.2, 0) is 14.3 Å². The highest BCUT2D eigenvalue weighted by molar-refractivity contribution is 7.10. The lowest BCUT2D eigenvalue weighted by molar-refractivity contribution is -0.119. The minimum atomic E-state index is -0.780. The summed E-state index contributed by atoms with van der Waals surface area (Å²) in [5, 5.41) is 12.0. The summed E-state index contributed by atoms with van der Waals surface area (Å²) in [5.41, 5.74) is 6.11. The van der Waals surface area contributed by atoms with E-state index in [4.69, 9.17) is 10.5 Å². The summed E-state index contributed by atoms with van der Waals surface area (Å²) in [6.07, 6.45) is 0.0387. The molecule has 1 aromatic carbocycles. The molecule has 0 fully saturated rings. The third-order valence-corrected chi connectivity index (χ3v) is 4.35. The zero-order valence-electron chi connectivity index (χ0n) is 14.3. The number of hydrogen-bond acceptors (Lipinski definition) is 9. The highest BCUT2D eigenvalue weighted by Gasteiger charge is 2.35. The van der Waals surface area contributed by atoms with Gasteiger partial charge in [0.05, 0.1) is 12.3 Å². The van der Waals surface area contributed by atoms with Gasteiger partial charge in [-0.15, -0.1) is 5.10 Å². The molecule has 10 nitrogen and oxygen atoms in total. The first-order chi connectivity index (χ1) is 13.0. The summed E-state index contributed by atoms with van der Waals surface area (Å²) in [4.78, 5) is 36.2. The SMILES string of the molecule is CCOC(=O)c1nnsc1NC(=O)C1=NN(c2ccccc2)C(C(N)=O)C1. The molecule has 11 heteroatoms. The van der Waals surface area contributed by atoms with Gasteiger partial charge in [-0.1, -0.05) is 22.7 Å². The molecular formula is C16H16N6O4S. The Hall–Kier alpha value is -3.34. The van der Waals surface area contributed by atoms with Crippen LogP contribution in [0.1, 0.15) is 23.8 Å². The number of nitrogens with zero attached hydrogens (tertiary/aromatic N) is 4. The van der Waals surface area contributed by atoms with Crippen molar-refractivity contribution in [3.8, 4) is 0 Å². The van der Waals surface area contributed by atoms with Gasteiger partial charge in [0.2, 0.25) is 11.6 Å². The Morgan fingerprint density at radius 1 is 1.33 bits per heavy atom. The smallest absolute Gasteiger partial charge is 0.362 e. The van der Waals surface area contributed by atoms with E-state index in [-0.39, 0.29) is 29.4 Å². The molecule has 0 bridgehead atoms. The molecule has 1 aliphatic heterocycles. The Balaban J connectivity index is 1.80. The number of primary amides is 1. The molecule has 2 amide bonds. The lowest BCUT2D eigenvalue weighted by Crippen LogP contribution is -2.39.